The highest BCUT2D eigenvalue weighted by Crippen LogP contribution is 2.20. The van der Waals surface area contributed by atoms with Crippen LogP contribution in [0.3, 0.4) is 0 Å². The van der Waals surface area contributed by atoms with Crippen molar-refractivity contribution in [3.05, 3.63) is 48.6 Å². The summed E-state index contributed by atoms with van der Waals surface area (Å²) in [4.78, 5) is 15.1. The van der Waals surface area contributed by atoms with E-state index in [1.807, 2.05) is 30.3 Å². The maximum atomic E-state index is 10.8. The average Bonchev–Trinajstić information content (AvgIpc) is 2.85. The first-order valence-corrected chi connectivity index (χ1v) is 5.58. The molecule has 2 atom stereocenters. The van der Waals surface area contributed by atoms with Crippen molar-refractivity contribution in [2.45, 2.75) is 12.1 Å². The maximum Gasteiger partial charge on any atom is 0.405 e. The van der Waals surface area contributed by atoms with Crippen molar-refractivity contribution in [1.29, 1.82) is 0 Å². The van der Waals surface area contributed by atoms with E-state index in [0.717, 1.165) is 5.56 Å². The van der Waals surface area contributed by atoms with Crippen LogP contribution in [-0.2, 0) is 4.74 Å². The molecule has 18 heavy (non-hydrogen) atoms. The first-order valence-electron chi connectivity index (χ1n) is 5.58. The Bertz CT molecular complexity index is 470. The lowest BCUT2D eigenvalue weighted by Crippen LogP contribution is -2.32. The monoisotopic (exact) mass is 246 g/mol. The molecule has 1 aromatic rings. The van der Waals surface area contributed by atoms with E-state index in [-0.39, 0.29) is 6.04 Å². The second kappa shape index (κ2) is 5.35. The standard InChI is InChI=1S/C13H14N2O3/c1-2-10-8-18-12(14-10)11(15-13(16)17)9-6-4-3-5-7-9/h2-7,10-11,15H,1,8H2,(H,16,17). The summed E-state index contributed by atoms with van der Waals surface area (Å²) in [6.45, 7) is 4.05. The van der Waals surface area contributed by atoms with Crippen LogP contribution in [0.1, 0.15) is 11.6 Å². The lowest BCUT2D eigenvalue weighted by atomic mass is 10.1. The highest BCUT2D eigenvalue weighted by Gasteiger charge is 2.27. The summed E-state index contributed by atoms with van der Waals surface area (Å²) >= 11 is 0. The number of hydrogen-bond acceptors (Lipinski definition) is 3. The van der Waals surface area contributed by atoms with Crippen LogP contribution in [0.4, 0.5) is 4.79 Å². The first kappa shape index (κ1) is 12.2. The Kier molecular flexibility index (Phi) is 3.62. The third kappa shape index (κ3) is 2.68. The Morgan fingerprint density at radius 1 is 1.56 bits per heavy atom. The lowest BCUT2D eigenvalue weighted by molar-refractivity contribution is 0.191. The van der Waals surface area contributed by atoms with Crippen molar-refractivity contribution in [3.8, 4) is 0 Å². The van der Waals surface area contributed by atoms with Gasteiger partial charge >= 0.3 is 6.09 Å². The van der Waals surface area contributed by atoms with Gasteiger partial charge in [-0.2, -0.15) is 0 Å². The SMILES string of the molecule is C=CC1COC(C(NC(=O)O)c2ccccc2)=N1. The van der Waals surface area contributed by atoms with Gasteiger partial charge in [0.15, 0.2) is 0 Å². The van der Waals surface area contributed by atoms with E-state index in [4.69, 9.17) is 9.84 Å². The zero-order valence-corrected chi connectivity index (χ0v) is 9.74. The number of carbonyl (C=O) groups is 1. The Morgan fingerprint density at radius 3 is 2.83 bits per heavy atom. The van der Waals surface area contributed by atoms with Crippen LogP contribution in [0, 0.1) is 0 Å². The van der Waals surface area contributed by atoms with Gasteiger partial charge in [0.1, 0.15) is 18.7 Å². The zero-order valence-electron chi connectivity index (χ0n) is 9.74. The van der Waals surface area contributed by atoms with Crippen LogP contribution >= 0.6 is 0 Å². The van der Waals surface area contributed by atoms with E-state index < -0.39 is 12.1 Å². The predicted octanol–water partition coefficient (Wildman–Crippen LogP) is 1.98. The minimum atomic E-state index is -1.11. The number of ether oxygens (including phenoxy) is 1. The summed E-state index contributed by atoms with van der Waals surface area (Å²) in [5.74, 6) is 0.383. The molecule has 0 spiro atoms. The highest BCUT2D eigenvalue weighted by molar-refractivity contribution is 5.87. The second-order valence-electron chi connectivity index (χ2n) is 3.87. The topological polar surface area (TPSA) is 70.9 Å². The fourth-order valence-electron chi connectivity index (χ4n) is 1.74. The van der Waals surface area contributed by atoms with Gasteiger partial charge in [0, 0.05) is 0 Å². The number of nitrogens with zero attached hydrogens (tertiary/aromatic N) is 1. The molecule has 1 aliphatic heterocycles. The van der Waals surface area contributed by atoms with Crippen molar-refractivity contribution >= 4 is 12.0 Å². The summed E-state index contributed by atoms with van der Waals surface area (Å²) in [7, 11) is 0. The molecule has 1 aliphatic rings. The Hall–Kier alpha value is -2.30. The molecule has 0 saturated carbocycles. The Balaban J connectivity index is 2.26. The Morgan fingerprint density at radius 2 is 2.28 bits per heavy atom. The Labute approximate surface area is 105 Å². The van der Waals surface area contributed by atoms with E-state index in [9.17, 15) is 4.79 Å². The molecule has 0 radical (unpaired) electrons. The van der Waals surface area contributed by atoms with Crippen LogP contribution in [0.15, 0.2) is 48.0 Å². The van der Waals surface area contributed by atoms with Crippen LogP contribution < -0.4 is 5.32 Å². The van der Waals surface area contributed by atoms with Gasteiger partial charge < -0.3 is 15.2 Å². The van der Waals surface area contributed by atoms with Crippen molar-refractivity contribution in [2.24, 2.45) is 4.99 Å². The predicted molar refractivity (Wildman–Crippen MR) is 67.7 cm³/mol. The highest BCUT2D eigenvalue weighted by atomic mass is 16.5. The molecule has 0 fully saturated rings. The van der Waals surface area contributed by atoms with Crippen molar-refractivity contribution in [3.63, 3.8) is 0 Å². The van der Waals surface area contributed by atoms with E-state index in [1.165, 1.54) is 0 Å². The molecular weight excluding hydrogens is 232 g/mol. The van der Waals surface area contributed by atoms with Crippen LogP contribution in [0.2, 0.25) is 0 Å². The smallest absolute Gasteiger partial charge is 0.405 e. The van der Waals surface area contributed by atoms with Crippen LogP contribution in [0.25, 0.3) is 0 Å². The van der Waals surface area contributed by atoms with E-state index >= 15 is 0 Å². The lowest BCUT2D eigenvalue weighted by Gasteiger charge is -2.16. The van der Waals surface area contributed by atoms with E-state index in [0.29, 0.717) is 12.5 Å². The quantitative estimate of drug-likeness (QED) is 0.798. The third-order valence-corrected chi connectivity index (χ3v) is 2.61. The summed E-state index contributed by atoms with van der Waals surface area (Å²) in [5.41, 5.74) is 0.795. The number of aliphatic imine (C=N–C) groups is 1. The van der Waals surface area contributed by atoms with Gasteiger partial charge in [-0.3, -0.25) is 0 Å². The molecule has 0 saturated heterocycles. The fraction of sp³-hybridized carbons (Fsp3) is 0.231. The molecule has 5 nitrogen and oxygen atoms in total. The van der Waals surface area contributed by atoms with Crippen molar-refractivity contribution < 1.29 is 14.6 Å². The minimum Gasteiger partial charge on any atom is -0.477 e. The van der Waals surface area contributed by atoms with Gasteiger partial charge in [-0.1, -0.05) is 36.4 Å². The van der Waals surface area contributed by atoms with Gasteiger partial charge in [-0.05, 0) is 5.56 Å². The number of benzene rings is 1. The van der Waals surface area contributed by atoms with Crippen LogP contribution in [-0.4, -0.2) is 29.7 Å². The number of carboxylic acid groups (broad SMARTS) is 1. The van der Waals surface area contributed by atoms with Gasteiger partial charge in [-0.25, -0.2) is 9.79 Å². The average molecular weight is 246 g/mol. The minimum absolute atomic E-state index is 0.109. The molecule has 94 valence electrons. The molecule has 0 aliphatic carbocycles. The molecule has 1 heterocycles. The first-order chi connectivity index (χ1) is 8.70. The van der Waals surface area contributed by atoms with Gasteiger partial charge in [-0.15, -0.1) is 6.58 Å². The second-order valence-corrected chi connectivity index (χ2v) is 3.87. The summed E-state index contributed by atoms with van der Waals surface area (Å²) in [6.07, 6.45) is 0.563. The van der Waals surface area contributed by atoms with Crippen molar-refractivity contribution in [1.82, 2.24) is 5.32 Å². The number of hydrogen-bond donors (Lipinski definition) is 2. The number of rotatable bonds is 4. The number of amides is 1. The molecular formula is C13H14N2O3. The normalized spacial score (nSPS) is 19.6. The molecule has 0 aromatic heterocycles. The molecule has 0 bridgehead atoms. The molecule has 5 heteroatoms. The zero-order chi connectivity index (χ0) is 13.0. The fourth-order valence-corrected chi connectivity index (χ4v) is 1.74. The van der Waals surface area contributed by atoms with Gasteiger partial charge in [0.05, 0.1) is 0 Å². The van der Waals surface area contributed by atoms with Gasteiger partial charge in [0.25, 0.3) is 0 Å². The number of nitrogens with one attached hydrogen (secondary N) is 1. The molecule has 1 aromatic carbocycles. The van der Waals surface area contributed by atoms with E-state index in [1.54, 1.807) is 6.08 Å². The molecule has 1 amide bonds. The molecule has 2 unspecified atom stereocenters. The molecule has 2 rings (SSSR count). The summed E-state index contributed by atoms with van der Waals surface area (Å²) in [5, 5.41) is 11.3. The van der Waals surface area contributed by atoms with Crippen LogP contribution in [0.5, 0.6) is 0 Å². The van der Waals surface area contributed by atoms with E-state index in [2.05, 4.69) is 16.9 Å². The third-order valence-electron chi connectivity index (χ3n) is 2.61. The molecule has 2 N–H and O–H groups in total. The summed E-state index contributed by atoms with van der Waals surface area (Å²) in [6, 6.07) is 8.51. The summed E-state index contributed by atoms with van der Waals surface area (Å²) < 4.78 is 5.43. The van der Waals surface area contributed by atoms with Gasteiger partial charge in [0.2, 0.25) is 5.90 Å². The maximum absolute atomic E-state index is 10.8. The largest absolute Gasteiger partial charge is 0.477 e. The van der Waals surface area contributed by atoms with Crippen molar-refractivity contribution in [2.75, 3.05) is 6.61 Å².